The lowest BCUT2D eigenvalue weighted by Gasteiger charge is -2.24. The minimum absolute atomic E-state index is 0.280. The van der Waals surface area contributed by atoms with Crippen LogP contribution in [0.4, 0.5) is 10.1 Å². The smallest absolute Gasteiger partial charge is 0.258 e. The lowest BCUT2D eigenvalue weighted by atomic mass is 10.1. The molecule has 0 aliphatic heterocycles. The zero-order valence-electron chi connectivity index (χ0n) is 15.3. The number of benzene rings is 3. The number of hydrogen-bond acceptors (Lipinski definition) is 2. The predicted molar refractivity (Wildman–Crippen MR) is 106 cm³/mol. The number of carbonyl (C=O) groups excluding carboxylic acids is 1. The van der Waals surface area contributed by atoms with E-state index in [1.54, 1.807) is 12.1 Å². The minimum atomic E-state index is -1.06. The molecule has 0 heterocycles. The number of alkyl halides is 1. The van der Waals surface area contributed by atoms with Crippen molar-refractivity contribution in [3.63, 3.8) is 0 Å². The van der Waals surface area contributed by atoms with Crippen LogP contribution in [0.25, 0.3) is 0 Å². The Kier molecular flexibility index (Phi) is 6.21. The molecule has 0 fully saturated rings. The van der Waals surface area contributed by atoms with Crippen LogP contribution in [0.1, 0.15) is 18.1 Å². The van der Waals surface area contributed by atoms with E-state index in [-0.39, 0.29) is 6.54 Å². The quantitative estimate of drug-likeness (QED) is 0.551. The third-order valence-electron chi connectivity index (χ3n) is 4.31. The van der Waals surface area contributed by atoms with Gasteiger partial charge in [0.25, 0.3) is 5.91 Å². The van der Waals surface area contributed by atoms with Gasteiger partial charge in [-0.2, -0.15) is 0 Å². The van der Waals surface area contributed by atoms with Crippen molar-refractivity contribution in [2.45, 2.75) is 19.9 Å². The first kappa shape index (κ1) is 18.6. The molecule has 0 unspecified atom stereocenters. The Labute approximate surface area is 159 Å². The second-order valence-corrected chi connectivity index (χ2v) is 6.17. The van der Waals surface area contributed by atoms with Crippen LogP contribution in [0.3, 0.4) is 0 Å². The Morgan fingerprint density at radius 3 is 2.19 bits per heavy atom. The second-order valence-electron chi connectivity index (χ2n) is 6.17. The SMILES string of the molecule is CCc1ccc(CN(C(=O)CF)c2ccccc2Oc2ccccc2)cc1. The molecule has 3 aromatic carbocycles. The molecule has 0 saturated heterocycles. The Bertz CT molecular complexity index is 878. The summed E-state index contributed by atoms with van der Waals surface area (Å²) in [5, 5.41) is 0. The molecular weight excluding hydrogens is 341 g/mol. The highest BCUT2D eigenvalue weighted by Crippen LogP contribution is 2.33. The summed E-state index contributed by atoms with van der Waals surface area (Å²) >= 11 is 0. The maximum Gasteiger partial charge on any atom is 0.258 e. The molecule has 3 rings (SSSR count). The first-order valence-corrected chi connectivity index (χ1v) is 8.97. The van der Waals surface area contributed by atoms with Gasteiger partial charge in [0.2, 0.25) is 0 Å². The van der Waals surface area contributed by atoms with E-state index in [2.05, 4.69) is 6.92 Å². The van der Waals surface area contributed by atoms with Crippen LogP contribution in [0.15, 0.2) is 78.9 Å². The molecule has 0 spiro atoms. The molecule has 3 aromatic rings. The fraction of sp³-hybridized carbons (Fsp3) is 0.174. The normalized spacial score (nSPS) is 10.4. The molecule has 0 aromatic heterocycles. The van der Waals surface area contributed by atoms with Crippen LogP contribution in [-0.4, -0.2) is 12.6 Å². The lowest BCUT2D eigenvalue weighted by Crippen LogP contribution is -2.31. The molecule has 0 aliphatic rings. The maximum absolute atomic E-state index is 13.3. The largest absolute Gasteiger partial charge is 0.455 e. The number of carbonyl (C=O) groups is 1. The number of hydrogen-bond donors (Lipinski definition) is 0. The third-order valence-corrected chi connectivity index (χ3v) is 4.31. The molecular formula is C23H22FNO2. The fourth-order valence-electron chi connectivity index (χ4n) is 2.82. The van der Waals surface area contributed by atoms with Gasteiger partial charge in [-0.25, -0.2) is 4.39 Å². The monoisotopic (exact) mass is 363 g/mol. The van der Waals surface area contributed by atoms with E-state index in [0.29, 0.717) is 17.2 Å². The summed E-state index contributed by atoms with van der Waals surface area (Å²) < 4.78 is 19.2. The van der Waals surface area contributed by atoms with Crippen molar-refractivity contribution in [1.82, 2.24) is 0 Å². The standard InChI is InChI=1S/C23H22FNO2/c1-2-18-12-14-19(15-13-18)17-25(23(26)16-24)21-10-6-7-11-22(21)27-20-8-4-3-5-9-20/h3-15H,2,16-17H2,1H3. The Morgan fingerprint density at radius 2 is 1.52 bits per heavy atom. The number of para-hydroxylation sites is 3. The van der Waals surface area contributed by atoms with Gasteiger partial charge in [-0.1, -0.05) is 61.5 Å². The van der Waals surface area contributed by atoms with E-state index >= 15 is 0 Å². The number of rotatable bonds is 7. The van der Waals surface area contributed by atoms with E-state index in [1.165, 1.54) is 10.5 Å². The van der Waals surface area contributed by atoms with Gasteiger partial charge in [0, 0.05) is 0 Å². The van der Waals surface area contributed by atoms with Crippen LogP contribution < -0.4 is 9.64 Å². The van der Waals surface area contributed by atoms with Gasteiger partial charge in [0.05, 0.1) is 12.2 Å². The molecule has 3 nitrogen and oxygen atoms in total. The van der Waals surface area contributed by atoms with Gasteiger partial charge in [0.1, 0.15) is 5.75 Å². The summed E-state index contributed by atoms with van der Waals surface area (Å²) in [5.74, 6) is 0.569. The van der Waals surface area contributed by atoms with Gasteiger partial charge in [-0.15, -0.1) is 0 Å². The van der Waals surface area contributed by atoms with Crippen molar-refractivity contribution >= 4 is 11.6 Å². The van der Waals surface area contributed by atoms with Crippen molar-refractivity contribution in [3.05, 3.63) is 90.0 Å². The molecule has 138 valence electrons. The first-order chi connectivity index (χ1) is 13.2. The van der Waals surface area contributed by atoms with Crippen LogP contribution in [0.2, 0.25) is 0 Å². The molecule has 0 radical (unpaired) electrons. The highest BCUT2D eigenvalue weighted by molar-refractivity contribution is 5.95. The number of anilines is 1. The predicted octanol–water partition coefficient (Wildman–Crippen LogP) is 5.54. The number of aryl methyl sites for hydroxylation is 1. The number of halogens is 1. The summed E-state index contributed by atoms with van der Waals surface area (Å²) in [7, 11) is 0. The van der Waals surface area contributed by atoms with Crippen molar-refractivity contribution in [3.8, 4) is 11.5 Å². The number of amides is 1. The van der Waals surface area contributed by atoms with Crippen molar-refractivity contribution < 1.29 is 13.9 Å². The molecule has 4 heteroatoms. The number of nitrogens with zero attached hydrogens (tertiary/aromatic N) is 1. The molecule has 27 heavy (non-hydrogen) atoms. The minimum Gasteiger partial charge on any atom is -0.455 e. The molecule has 0 saturated carbocycles. The average molecular weight is 363 g/mol. The summed E-state index contributed by atoms with van der Waals surface area (Å²) in [5.41, 5.74) is 2.70. The van der Waals surface area contributed by atoms with Crippen molar-refractivity contribution in [2.75, 3.05) is 11.6 Å². The van der Waals surface area contributed by atoms with Crippen LogP contribution in [0.5, 0.6) is 11.5 Å². The highest BCUT2D eigenvalue weighted by Gasteiger charge is 2.20. The van der Waals surface area contributed by atoms with Gasteiger partial charge >= 0.3 is 0 Å². The molecule has 0 aliphatic carbocycles. The molecule has 0 bridgehead atoms. The van der Waals surface area contributed by atoms with Gasteiger partial charge in [0.15, 0.2) is 12.4 Å². The summed E-state index contributed by atoms with van der Waals surface area (Å²) in [6.45, 7) is 1.31. The molecule has 0 N–H and O–H groups in total. The Hall–Kier alpha value is -3.14. The first-order valence-electron chi connectivity index (χ1n) is 8.97. The van der Waals surface area contributed by atoms with Gasteiger partial charge in [-0.3, -0.25) is 4.79 Å². The van der Waals surface area contributed by atoms with E-state index in [4.69, 9.17) is 4.74 Å². The van der Waals surface area contributed by atoms with Gasteiger partial charge in [-0.05, 0) is 41.8 Å². The van der Waals surface area contributed by atoms with Crippen molar-refractivity contribution in [2.24, 2.45) is 0 Å². The highest BCUT2D eigenvalue weighted by atomic mass is 19.1. The average Bonchev–Trinajstić information content (AvgIpc) is 2.73. The Morgan fingerprint density at radius 1 is 0.889 bits per heavy atom. The number of ether oxygens (including phenoxy) is 1. The van der Waals surface area contributed by atoms with Crippen LogP contribution >= 0.6 is 0 Å². The third kappa shape index (κ3) is 4.73. The molecule has 1 amide bonds. The van der Waals surface area contributed by atoms with Crippen LogP contribution in [0, 0.1) is 0 Å². The topological polar surface area (TPSA) is 29.5 Å². The Balaban J connectivity index is 1.91. The molecule has 0 atom stereocenters. The second kappa shape index (κ2) is 8.99. The van der Waals surface area contributed by atoms with E-state index in [0.717, 1.165) is 12.0 Å². The van der Waals surface area contributed by atoms with Gasteiger partial charge < -0.3 is 9.64 Å². The maximum atomic E-state index is 13.3. The zero-order valence-corrected chi connectivity index (χ0v) is 15.3. The summed E-state index contributed by atoms with van der Waals surface area (Å²) in [4.78, 5) is 13.8. The fourth-order valence-corrected chi connectivity index (χ4v) is 2.82. The van der Waals surface area contributed by atoms with E-state index < -0.39 is 12.6 Å². The summed E-state index contributed by atoms with van der Waals surface area (Å²) in [6, 6.07) is 24.5. The van der Waals surface area contributed by atoms with Crippen molar-refractivity contribution in [1.29, 1.82) is 0 Å². The van der Waals surface area contributed by atoms with Crippen LogP contribution in [-0.2, 0) is 17.8 Å². The van der Waals surface area contributed by atoms with E-state index in [9.17, 15) is 9.18 Å². The lowest BCUT2D eigenvalue weighted by molar-refractivity contribution is -0.119. The van der Waals surface area contributed by atoms with E-state index in [1.807, 2.05) is 66.7 Å². The zero-order chi connectivity index (χ0) is 19.1. The summed E-state index contributed by atoms with van der Waals surface area (Å²) in [6.07, 6.45) is 0.946.